The summed E-state index contributed by atoms with van der Waals surface area (Å²) in [6.45, 7) is 4.93. The second-order valence-corrected chi connectivity index (χ2v) is 21.8. The van der Waals surface area contributed by atoms with Gasteiger partial charge in [0.1, 0.15) is 0 Å². The molecule has 0 saturated heterocycles. The van der Waals surface area contributed by atoms with Gasteiger partial charge in [-0.1, -0.05) is 321 Å². The zero-order valence-corrected chi connectivity index (χ0v) is 46.8. The molecule has 0 bridgehead atoms. The Morgan fingerprint density at radius 1 is 0.391 bits per heavy atom. The van der Waals surface area contributed by atoms with Crippen LogP contribution >= 0.6 is 0 Å². The molecule has 3 N–H and O–H groups in total. The van der Waals surface area contributed by atoms with Gasteiger partial charge in [-0.2, -0.15) is 0 Å². The molecule has 0 fully saturated rings. The fourth-order valence-electron chi connectivity index (χ4n) is 9.99. The molecule has 0 spiro atoms. The maximum Gasteiger partial charge on any atom is 0.305 e. The number of carbonyl (C=O) groups is 2. The molecule has 0 heterocycles. The smallest absolute Gasteiger partial charge is 0.305 e. The minimum absolute atomic E-state index is 0.0150. The molecule has 0 aromatic heterocycles. The highest BCUT2D eigenvalue weighted by Crippen LogP contribution is 2.18. The van der Waals surface area contributed by atoms with Gasteiger partial charge in [0, 0.05) is 12.8 Å². The van der Waals surface area contributed by atoms with Gasteiger partial charge in [-0.25, -0.2) is 0 Å². The number of ether oxygens (including phenoxy) is 1. The van der Waals surface area contributed by atoms with Gasteiger partial charge in [0.25, 0.3) is 0 Å². The summed E-state index contributed by atoms with van der Waals surface area (Å²) in [4.78, 5) is 24.6. The molecule has 6 nitrogen and oxygen atoms in total. The van der Waals surface area contributed by atoms with Crippen molar-refractivity contribution >= 4 is 11.9 Å². The summed E-state index contributed by atoms with van der Waals surface area (Å²) in [6.07, 6.45) is 71.1. The summed E-state index contributed by atoms with van der Waals surface area (Å²) in [7, 11) is 0. The maximum atomic E-state index is 12.5. The molecule has 69 heavy (non-hydrogen) atoms. The molecule has 2 atom stereocenters. The van der Waals surface area contributed by atoms with E-state index in [9.17, 15) is 19.8 Å². The Bertz CT molecular complexity index is 1030. The standard InChI is InChI=1S/C63H123NO5/c1-3-5-7-9-11-13-15-17-19-20-26-29-33-37-41-45-49-53-57-63(68)69-58-54-50-46-42-38-34-30-27-24-22-21-23-25-28-32-36-40-44-48-52-56-62(67)64-60(59-65)61(66)55-51-47-43-39-35-31-18-16-14-12-10-8-6-4-2/h51,55,60-61,65-66H,3-50,52-54,56-59H2,1-2H3,(H,64,67)/b55-51+. The first kappa shape index (κ1) is 67.6. The van der Waals surface area contributed by atoms with Crippen molar-refractivity contribution in [1.82, 2.24) is 5.32 Å². The van der Waals surface area contributed by atoms with E-state index in [0.29, 0.717) is 19.4 Å². The molecule has 6 heteroatoms. The number of amides is 1. The third kappa shape index (κ3) is 55.8. The molecule has 0 aliphatic heterocycles. The van der Waals surface area contributed by atoms with Gasteiger partial charge in [-0.05, 0) is 32.1 Å². The molecule has 0 radical (unpaired) electrons. The minimum atomic E-state index is -0.844. The lowest BCUT2D eigenvalue weighted by Crippen LogP contribution is -2.45. The predicted octanol–water partition coefficient (Wildman–Crippen LogP) is 19.6. The molecule has 1 amide bonds. The maximum absolute atomic E-state index is 12.5. The average molecular weight is 975 g/mol. The third-order valence-corrected chi connectivity index (χ3v) is 14.8. The van der Waals surface area contributed by atoms with Crippen LogP contribution < -0.4 is 5.32 Å². The summed E-state index contributed by atoms with van der Waals surface area (Å²) in [5.74, 6) is -0.0528. The first-order valence-corrected chi connectivity index (χ1v) is 31.5. The first-order valence-electron chi connectivity index (χ1n) is 31.5. The highest BCUT2D eigenvalue weighted by Gasteiger charge is 2.18. The highest BCUT2D eigenvalue weighted by atomic mass is 16.5. The van der Waals surface area contributed by atoms with Crippen LogP contribution in [0.2, 0.25) is 0 Å². The molecule has 0 aliphatic carbocycles. The number of carbonyl (C=O) groups excluding carboxylic acids is 2. The van der Waals surface area contributed by atoms with Crippen LogP contribution in [0.5, 0.6) is 0 Å². The fraction of sp³-hybridized carbons (Fsp3) is 0.937. The van der Waals surface area contributed by atoms with E-state index in [0.717, 1.165) is 38.5 Å². The molecule has 0 rings (SSSR count). The number of nitrogens with one attached hydrogen (secondary N) is 1. The zero-order chi connectivity index (χ0) is 50.0. The van der Waals surface area contributed by atoms with Crippen LogP contribution in [0.4, 0.5) is 0 Å². The molecule has 410 valence electrons. The van der Waals surface area contributed by atoms with Crippen LogP contribution in [-0.2, 0) is 14.3 Å². The molecule has 2 unspecified atom stereocenters. The second kappa shape index (κ2) is 59.2. The van der Waals surface area contributed by atoms with Crippen LogP contribution in [0.25, 0.3) is 0 Å². The van der Waals surface area contributed by atoms with Gasteiger partial charge in [0.05, 0.1) is 25.4 Å². The summed E-state index contributed by atoms with van der Waals surface area (Å²) in [5, 5.41) is 23.1. The number of rotatable bonds is 59. The van der Waals surface area contributed by atoms with Gasteiger partial charge in [-0.3, -0.25) is 9.59 Å². The Morgan fingerprint density at radius 3 is 0.986 bits per heavy atom. The number of aliphatic hydroxyl groups excluding tert-OH is 2. The quantitative estimate of drug-likeness (QED) is 0.0321. The lowest BCUT2D eigenvalue weighted by Gasteiger charge is -2.20. The first-order chi connectivity index (χ1) is 34.0. The summed E-state index contributed by atoms with van der Waals surface area (Å²) >= 11 is 0. The van der Waals surface area contributed by atoms with Gasteiger partial charge in [-0.15, -0.1) is 0 Å². The SMILES string of the molecule is CCCCCCCCCCCCCC/C=C/C(O)C(CO)NC(=O)CCCCCCCCCCCCCCCCCCCCCCOC(=O)CCCCCCCCCCCCCCCCCCCC. The predicted molar refractivity (Wildman–Crippen MR) is 301 cm³/mol. The van der Waals surface area contributed by atoms with E-state index in [1.54, 1.807) is 6.08 Å². The van der Waals surface area contributed by atoms with Crippen molar-refractivity contribution < 1.29 is 24.5 Å². The summed E-state index contributed by atoms with van der Waals surface area (Å²) in [6, 6.07) is -0.628. The third-order valence-electron chi connectivity index (χ3n) is 14.8. The Hall–Kier alpha value is -1.40. The van der Waals surface area contributed by atoms with Crippen LogP contribution in [-0.4, -0.2) is 47.4 Å². The van der Waals surface area contributed by atoms with E-state index in [2.05, 4.69) is 19.2 Å². The Morgan fingerprint density at radius 2 is 0.667 bits per heavy atom. The fourth-order valence-corrected chi connectivity index (χ4v) is 9.99. The molecule has 0 saturated carbocycles. The summed E-state index contributed by atoms with van der Waals surface area (Å²) < 4.78 is 5.50. The molecular formula is C63H123NO5. The van der Waals surface area contributed by atoms with Crippen molar-refractivity contribution in [3.63, 3.8) is 0 Å². The van der Waals surface area contributed by atoms with E-state index < -0.39 is 12.1 Å². The van der Waals surface area contributed by atoms with Crippen molar-refractivity contribution in [2.75, 3.05) is 13.2 Å². The largest absolute Gasteiger partial charge is 0.466 e. The van der Waals surface area contributed by atoms with Crippen molar-refractivity contribution in [2.45, 2.75) is 366 Å². The minimum Gasteiger partial charge on any atom is -0.466 e. The van der Waals surface area contributed by atoms with Crippen molar-refractivity contribution in [3.05, 3.63) is 12.2 Å². The number of allylic oxidation sites excluding steroid dienone is 1. The van der Waals surface area contributed by atoms with Crippen LogP contribution in [0.1, 0.15) is 354 Å². The topological polar surface area (TPSA) is 95.9 Å². The number of hydrogen-bond acceptors (Lipinski definition) is 5. The second-order valence-electron chi connectivity index (χ2n) is 21.8. The van der Waals surface area contributed by atoms with Gasteiger partial charge in [0.2, 0.25) is 5.91 Å². The van der Waals surface area contributed by atoms with Crippen LogP contribution in [0.15, 0.2) is 12.2 Å². The Balaban J connectivity index is 3.37. The Kier molecular flexibility index (Phi) is 58.0. The van der Waals surface area contributed by atoms with Gasteiger partial charge < -0.3 is 20.3 Å². The highest BCUT2D eigenvalue weighted by molar-refractivity contribution is 5.76. The van der Waals surface area contributed by atoms with E-state index >= 15 is 0 Å². The lowest BCUT2D eigenvalue weighted by atomic mass is 10.0. The zero-order valence-electron chi connectivity index (χ0n) is 46.8. The van der Waals surface area contributed by atoms with Crippen LogP contribution in [0, 0.1) is 0 Å². The number of esters is 1. The lowest BCUT2D eigenvalue weighted by molar-refractivity contribution is -0.143. The van der Waals surface area contributed by atoms with Gasteiger partial charge >= 0.3 is 5.97 Å². The number of hydrogen-bond donors (Lipinski definition) is 3. The molecular weight excluding hydrogens is 851 g/mol. The molecule has 0 aromatic rings. The van der Waals surface area contributed by atoms with Crippen molar-refractivity contribution in [2.24, 2.45) is 0 Å². The van der Waals surface area contributed by atoms with E-state index in [1.165, 1.54) is 289 Å². The number of unbranched alkanes of at least 4 members (excludes halogenated alkanes) is 48. The monoisotopic (exact) mass is 974 g/mol. The van der Waals surface area contributed by atoms with E-state index in [1.807, 2.05) is 6.08 Å². The average Bonchev–Trinajstić information content (AvgIpc) is 3.35. The molecule has 0 aromatic carbocycles. The number of aliphatic hydroxyl groups is 2. The Labute approximate surface area is 431 Å². The van der Waals surface area contributed by atoms with E-state index in [4.69, 9.17) is 4.74 Å². The summed E-state index contributed by atoms with van der Waals surface area (Å²) in [5.41, 5.74) is 0. The van der Waals surface area contributed by atoms with Crippen molar-refractivity contribution in [1.29, 1.82) is 0 Å². The van der Waals surface area contributed by atoms with Crippen molar-refractivity contribution in [3.8, 4) is 0 Å². The van der Waals surface area contributed by atoms with Gasteiger partial charge in [0.15, 0.2) is 0 Å². The van der Waals surface area contributed by atoms with E-state index in [-0.39, 0.29) is 18.5 Å². The normalized spacial score (nSPS) is 12.6. The molecule has 0 aliphatic rings. The van der Waals surface area contributed by atoms with Crippen LogP contribution in [0.3, 0.4) is 0 Å².